The molecule has 192 valence electrons. The third-order valence-corrected chi connectivity index (χ3v) is 7.91. The molecule has 1 aliphatic heterocycles. The number of imidazole rings is 1. The minimum absolute atomic E-state index is 0.0409. The van der Waals surface area contributed by atoms with Crippen molar-refractivity contribution in [3.63, 3.8) is 0 Å². The van der Waals surface area contributed by atoms with Crippen molar-refractivity contribution in [1.82, 2.24) is 29.1 Å². The summed E-state index contributed by atoms with van der Waals surface area (Å²) in [6.45, 7) is 0.973. The Morgan fingerprint density at radius 1 is 1.22 bits per heavy atom. The van der Waals surface area contributed by atoms with E-state index in [1.165, 1.54) is 11.2 Å². The Labute approximate surface area is 216 Å². The molecule has 0 saturated carbocycles. The molecule has 1 atom stereocenters. The van der Waals surface area contributed by atoms with Crippen LogP contribution in [0.2, 0.25) is 5.02 Å². The van der Waals surface area contributed by atoms with E-state index in [9.17, 15) is 18.0 Å². The van der Waals surface area contributed by atoms with E-state index < -0.39 is 34.5 Å². The second kappa shape index (κ2) is 9.57. The number of fused-ring (bicyclic) bond motifs is 2. The number of sulfonamides is 1. The van der Waals surface area contributed by atoms with Crippen molar-refractivity contribution < 1.29 is 22.7 Å². The van der Waals surface area contributed by atoms with E-state index in [4.69, 9.17) is 22.1 Å². The first-order valence-electron chi connectivity index (χ1n) is 11.3. The summed E-state index contributed by atoms with van der Waals surface area (Å²) < 4.78 is 32.9. The van der Waals surface area contributed by atoms with Crippen molar-refractivity contribution >= 4 is 61.3 Å². The highest BCUT2D eigenvalue weighted by Gasteiger charge is 2.43. The number of hydrogen-bond donors (Lipinski definition) is 2. The number of nitrogens with one attached hydrogen (secondary N) is 1. The maximum absolute atomic E-state index is 13.4. The van der Waals surface area contributed by atoms with Gasteiger partial charge in [0.2, 0.25) is 11.1 Å². The second-order valence-corrected chi connectivity index (χ2v) is 10.7. The molecule has 0 aliphatic carbocycles. The van der Waals surface area contributed by atoms with Gasteiger partial charge in [0.05, 0.1) is 29.7 Å². The highest BCUT2D eigenvalue weighted by molar-refractivity contribution is 7.89. The van der Waals surface area contributed by atoms with Gasteiger partial charge in [0, 0.05) is 23.5 Å². The lowest BCUT2D eigenvalue weighted by atomic mass is 10.1. The lowest BCUT2D eigenvalue weighted by Crippen LogP contribution is -2.60. The number of aromatic nitrogens is 4. The van der Waals surface area contributed by atoms with E-state index >= 15 is 0 Å². The van der Waals surface area contributed by atoms with Gasteiger partial charge in [0.1, 0.15) is 18.2 Å². The van der Waals surface area contributed by atoms with Crippen LogP contribution in [-0.4, -0.2) is 75.2 Å². The van der Waals surface area contributed by atoms with Crippen molar-refractivity contribution in [3.8, 4) is 0 Å². The lowest BCUT2D eigenvalue weighted by Gasteiger charge is -2.38. The van der Waals surface area contributed by atoms with Crippen molar-refractivity contribution in [3.05, 3.63) is 53.3 Å². The minimum Gasteiger partial charge on any atom is -0.464 e. The molecule has 14 heteroatoms. The number of hydrogen-bond acceptors (Lipinski definition) is 9. The third kappa shape index (κ3) is 4.68. The summed E-state index contributed by atoms with van der Waals surface area (Å²) in [4.78, 5) is 42.5. The Morgan fingerprint density at radius 2 is 2.03 bits per heavy atom. The van der Waals surface area contributed by atoms with E-state index in [-0.39, 0.29) is 24.9 Å². The van der Waals surface area contributed by atoms with Gasteiger partial charge in [-0.2, -0.15) is 4.31 Å². The monoisotopic (exact) mass is 543 g/mol. The van der Waals surface area contributed by atoms with Crippen molar-refractivity contribution in [1.29, 1.82) is 0 Å². The second-order valence-electron chi connectivity index (χ2n) is 8.40. The molecule has 1 aliphatic rings. The number of esters is 1. The van der Waals surface area contributed by atoms with Gasteiger partial charge in [0.15, 0.2) is 0 Å². The van der Waals surface area contributed by atoms with Crippen LogP contribution in [0.15, 0.2) is 47.9 Å². The molecule has 2 aromatic carbocycles. The molecule has 37 heavy (non-hydrogen) atoms. The van der Waals surface area contributed by atoms with Crippen molar-refractivity contribution in [2.45, 2.75) is 24.7 Å². The molecule has 1 saturated heterocycles. The van der Waals surface area contributed by atoms with E-state index in [1.54, 1.807) is 43.3 Å². The molecule has 0 bridgehead atoms. The van der Waals surface area contributed by atoms with Gasteiger partial charge in [-0.05, 0) is 42.8 Å². The number of nitrogens with zero attached hydrogens (tertiary/aromatic N) is 5. The first-order valence-corrected chi connectivity index (χ1v) is 13.1. The van der Waals surface area contributed by atoms with Crippen LogP contribution in [0.1, 0.15) is 12.5 Å². The maximum atomic E-state index is 13.4. The number of rotatable bonds is 6. The predicted molar refractivity (Wildman–Crippen MR) is 135 cm³/mol. The van der Waals surface area contributed by atoms with Crippen LogP contribution in [0.25, 0.3) is 21.9 Å². The highest BCUT2D eigenvalue weighted by Crippen LogP contribution is 2.26. The Bertz CT molecular complexity index is 1640. The fourth-order valence-corrected chi connectivity index (χ4v) is 5.70. The van der Waals surface area contributed by atoms with E-state index in [2.05, 4.69) is 19.9 Å². The summed E-state index contributed by atoms with van der Waals surface area (Å²) in [5.41, 5.74) is 7.98. The van der Waals surface area contributed by atoms with Gasteiger partial charge >= 0.3 is 5.97 Å². The van der Waals surface area contributed by atoms with Gasteiger partial charge < -0.3 is 20.4 Å². The molecule has 12 nitrogen and oxygen atoms in total. The number of amides is 1. The summed E-state index contributed by atoms with van der Waals surface area (Å²) in [6.07, 6.45) is 1.34. The minimum atomic E-state index is -4.24. The summed E-state index contributed by atoms with van der Waals surface area (Å²) in [7, 11) is -4.24. The molecule has 2 aromatic heterocycles. The highest BCUT2D eigenvalue weighted by atomic mass is 35.5. The average molecular weight is 544 g/mol. The third-order valence-electron chi connectivity index (χ3n) is 6.03. The number of anilines is 1. The molecule has 0 radical (unpaired) electrons. The number of aromatic amines is 1. The Balaban J connectivity index is 1.45. The summed E-state index contributed by atoms with van der Waals surface area (Å²) in [6, 6.07) is 8.79. The number of nitrogens with two attached hydrogens (primary N) is 1. The molecular formula is C23H22ClN7O5S. The zero-order chi connectivity index (χ0) is 26.3. The zero-order valence-corrected chi connectivity index (χ0v) is 21.2. The van der Waals surface area contributed by atoms with Crippen molar-refractivity contribution in [2.24, 2.45) is 0 Å². The molecule has 1 amide bonds. The molecule has 1 unspecified atom stereocenters. The topological polar surface area (TPSA) is 164 Å². The van der Waals surface area contributed by atoms with Gasteiger partial charge in [-0.15, -0.1) is 0 Å². The summed E-state index contributed by atoms with van der Waals surface area (Å²) >= 11 is 5.99. The van der Waals surface area contributed by atoms with Gasteiger partial charge in [-0.3, -0.25) is 4.79 Å². The van der Waals surface area contributed by atoms with Crippen molar-refractivity contribution in [2.75, 3.05) is 25.4 Å². The van der Waals surface area contributed by atoms with Crippen LogP contribution in [0.3, 0.4) is 0 Å². The summed E-state index contributed by atoms with van der Waals surface area (Å²) in [5, 5.41) is 0.720. The van der Waals surface area contributed by atoms with Crippen LogP contribution in [0.4, 0.5) is 5.82 Å². The maximum Gasteiger partial charge on any atom is 0.330 e. The number of H-pyrrole nitrogens is 1. The molecule has 0 spiro atoms. The molecule has 5 rings (SSSR count). The first kappa shape index (κ1) is 24.9. The average Bonchev–Trinajstić information content (AvgIpc) is 3.29. The largest absolute Gasteiger partial charge is 0.464 e. The van der Waals surface area contributed by atoms with Crippen LogP contribution >= 0.6 is 11.6 Å². The van der Waals surface area contributed by atoms with Crippen LogP contribution in [-0.2, 0) is 30.9 Å². The van der Waals surface area contributed by atoms with Gasteiger partial charge in [-0.25, -0.2) is 28.2 Å². The van der Waals surface area contributed by atoms with Crippen LogP contribution in [0.5, 0.6) is 0 Å². The molecule has 4 aromatic rings. The number of nitrogen functional groups attached to an aromatic ring is 1. The SMILES string of the molecule is CCOC(=O)C1CN(S(=O)(=O)c2nc3ccc(Cl)cc3[nH]2)CC(=O)N1Cc1ccc2c(N)ncnc2c1. The Morgan fingerprint density at radius 3 is 2.81 bits per heavy atom. The number of carbonyl (C=O) groups excluding carboxylic acids is 2. The van der Waals surface area contributed by atoms with E-state index in [0.717, 1.165) is 4.31 Å². The Kier molecular flexibility index (Phi) is 6.43. The number of carbonyl (C=O) groups is 2. The zero-order valence-electron chi connectivity index (χ0n) is 19.6. The molecule has 1 fully saturated rings. The van der Waals surface area contributed by atoms with Crippen LogP contribution in [0, 0.1) is 0 Å². The number of piperazine rings is 1. The molecule has 3 N–H and O–H groups in total. The van der Waals surface area contributed by atoms with E-state index in [0.29, 0.717) is 38.3 Å². The Hall–Kier alpha value is -3.81. The standard InChI is InChI=1S/C23H22ClN7O5S/c1-2-36-22(33)19-10-30(37(34,35)23-28-16-6-4-14(24)8-18(16)29-23)11-20(32)31(19)9-13-3-5-15-17(7-13)26-12-27-21(15)25/h3-8,12,19H,2,9-11H2,1H3,(H,28,29)(H2,25,26,27). The predicted octanol–water partition coefficient (Wildman–Crippen LogP) is 1.71. The summed E-state index contributed by atoms with van der Waals surface area (Å²) in [5.74, 6) is -0.947. The van der Waals surface area contributed by atoms with Crippen LogP contribution < -0.4 is 5.73 Å². The first-order chi connectivity index (χ1) is 17.7. The molecule has 3 heterocycles. The fraction of sp³-hybridized carbons (Fsp3) is 0.261. The smallest absolute Gasteiger partial charge is 0.330 e. The number of benzene rings is 2. The molecular weight excluding hydrogens is 522 g/mol. The fourth-order valence-electron chi connectivity index (χ4n) is 4.21. The van der Waals surface area contributed by atoms with E-state index in [1.807, 2.05) is 0 Å². The van der Waals surface area contributed by atoms with Gasteiger partial charge in [0.25, 0.3) is 10.0 Å². The lowest BCUT2D eigenvalue weighted by molar-refractivity contribution is -0.158. The quantitative estimate of drug-likeness (QED) is 0.344. The van der Waals surface area contributed by atoms with Gasteiger partial charge in [-0.1, -0.05) is 17.7 Å². The normalized spacial score (nSPS) is 17.0. The number of ether oxygens (including phenoxy) is 1. The number of halogens is 1.